The average Bonchev–Trinajstić information content (AvgIpc) is 3.24. The van der Waals surface area contributed by atoms with Crippen LogP contribution in [0.25, 0.3) is 0 Å². The molecule has 0 spiro atoms. The Labute approximate surface area is 211 Å². The summed E-state index contributed by atoms with van der Waals surface area (Å²) in [6, 6.07) is 15.4. The zero-order valence-corrected chi connectivity index (χ0v) is 21.2. The molecule has 1 saturated heterocycles. The van der Waals surface area contributed by atoms with E-state index in [1.165, 1.54) is 5.56 Å². The average molecular weight is 492 g/mol. The fourth-order valence-corrected chi connectivity index (χ4v) is 4.37. The zero-order chi connectivity index (χ0) is 25.5. The summed E-state index contributed by atoms with van der Waals surface area (Å²) in [5, 5.41) is 3.94. The highest BCUT2D eigenvalue weighted by Crippen LogP contribution is 2.30. The van der Waals surface area contributed by atoms with E-state index in [1.807, 2.05) is 36.9 Å². The van der Waals surface area contributed by atoms with Gasteiger partial charge in [-0.1, -0.05) is 35.5 Å². The molecule has 2 amide bonds. The molecule has 190 valence electrons. The maximum Gasteiger partial charge on any atom is 0.254 e. The molecule has 8 heteroatoms. The second kappa shape index (κ2) is 11.7. The van der Waals surface area contributed by atoms with E-state index in [1.54, 1.807) is 30.2 Å². The highest BCUT2D eigenvalue weighted by atomic mass is 16.5. The number of benzene rings is 2. The molecule has 2 heterocycles. The molecule has 4 rings (SSSR count). The normalized spacial score (nSPS) is 13.5. The molecule has 0 aliphatic carbocycles. The number of amides is 2. The standard InChI is InChI=1S/C28H33N3O5/c1-20-24(21(2)36-29-20)19-35-25-13-12-23(18-26(25)34-3)28(33)31-16-14-30(15-17-31)27(32)11-7-10-22-8-5-4-6-9-22/h4-6,8-9,12-13,18H,7,10-11,14-17,19H2,1-3H3. The van der Waals surface area contributed by atoms with Crippen LogP contribution in [0.1, 0.15) is 45.8 Å². The van der Waals surface area contributed by atoms with Gasteiger partial charge < -0.3 is 23.8 Å². The van der Waals surface area contributed by atoms with Crippen LogP contribution in [0.3, 0.4) is 0 Å². The smallest absolute Gasteiger partial charge is 0.254 e. The first-order valence-electron chi connectivity index (χ1n) is 12.3. The van der Waals surface area contributed by atoms with Crippen molar-refractivity contribution in [2.75, 3.05) is 33.3 Å². The number of carbonyl (C=O) groups excluding carboxylic acids is 2. The van der Waals surface area contributed by atoms with Crippen molar-refractivity contribution in [2.24, 2.45) is 0 Å². The molecular formula is C28H33N3O5. The number of hydrogen-bond acceptors (Lipinski definition) is 6. The van der Waals surface area contributed by atoms with E-state index in [2.05, 4.69) is 17.3 Å². The molecule has 1 fully saturated rings. The summed E-state index contributed by atoms with van der Waals surface area (Å²) in [4.78, 5) is 29.4. The lowest BCUT2D eigenvalue weighted by atomic mass is 10.1. The molecule has 0 bridgehead atoms. The van der Waals surface area contributed by atoms with Crippen molar-refractivity contribution in [1.82, 2.24) is 15.0 Å². The van der Waals surface area contributed by atoms with Gasteiger partial charge in [0.2, 0.25) is 5.91 Å². The van der Waals surface area contributed by atoms with Crippen LogP contribution in [0, 0.1) is 13.8 Å². The molecule has 3 aromatic rings. The Morgan fingerprint density at radius 2 is 1.69 bits per heavy atom. The lowest BCUT2D eigenvalue weighted by Crippen LogP contribution is -2.50. The van der Waals surface area contributed by atoms with Gasteiger partial charge in [-0.25, -0.2) is 0 Å². The number of piperazine rings is 1. The summed E-state index contributed by atoms with van der Waals surface area (Å²) in [7, 11) is 1.55. The molecular weight excluding hydrogens is 458 g/mol. The first-order valence-corrected chi connectivity index (χ1v) is 12.3. The zero-order valence-electron chi connectivity index (χ0n) is 21.2. The number of nitrogens with zero attached hydrogens (tertiary/aromatic N) is 3. The van der Waals surface area contributed by atoms with E-state index in [0.717, 1.165) is 24.1 Å². The number of carbonyl (C=O) groups is 2. The maximum atomic E-state index is 13.1. The molecule has 0 saturated carbocycles. The predicted octanol–water partition coefficient (Wildman–Crippen LogP) is 4.19. The monoisotopic (exact) mass is 491 g/mol. The van der Waals surface area contributed by atoms with Crippen molar-refractivity contribution in [3.05, 3.63) is 76.7 Å². The number of rotatable bonds is 9. The molecule has 1 aliphatic rings. The number of methoxy groups -OCH3 is 1. The fourth-order valence-electron chi connectivity index (χ4n) is 4.37. The summed E-state index contributed by atoms with van der Waals surface area (Å²) in [6.07, 6.45) is 2.24. The van der Waals surface area contributed by atoms with Gasteiger partial charge in [0.15, 0.2) is 11.5 Å². The van der Waals surface area contributed by atoms with E-state index in [9.17, 15) is 9.59 Å². The third-order valence-corrected chi connectivity index (χ3v) is 6.58. The molecule has 0 unspecified atom stereocenters. The second-order valence-electron chi connectivity index (χ2n) is 8.97. The maximum absolute atomic E-state index is 13.1. The van der Waals surface area contributed by atoms with Gasteiger partial charge in [-0.2, -0.15) is 0 Å². The molecule has 36 heavy (non-hydrogen) atoms. The van der Waals surface area contributed by atoms with E-state index in [4.69, 9.17) is 14.0 Å². The van der Waals surface area contributed by atoms with Crippen molar-refractivity contribution in [2.45, 2.75) is 39.7 Å². The first kappa shape index (κ1) is 25.3. The van der Waals surface area contributed by atoms with Crippen LogP contribution in [-0.2, 0) is 17.8 Å². The van der Waals surface area contributed by atoms with Crippen molar-refractivity contribution in [3.63, 3.8) is 0 Å². The SMILES string of the molecule is COc1cc(C(=O)N2CCN(C(=O)CCCc3ccccc3)CC2)ccc1OCc1c(C)noc1C. The van der Waals surface area contributed by atoms with Crippen molar-refractivity contribution in [3.8, 4) is 11.5 Å². The Morgan fingerprint density at radius 3 is 2.36 bits per heavy atom. The lowest BCUT2D eigenvalue weighted by Gasteiger charge is -2.35. The van der Waals surface area contributed by atoms with E-state index in [-0.39, 0.29) is 11.8 Å². The molecule has 8 nitrogen and oxygen atoms in total. The van der Waals surface area contributed by atoms with Gasteiger partial charge in [-0.05, 0) is 50.5 Å². The quantitative estimate of drug-likeness (QED) is 0.446. The van der Waals surface area contributed by atoms with Gasteiger partial charge in [0.1, 0.15) is 12.4 Å². The number of ether oxygens (including phenoxy) is 2. The molecule has 1 aromatic heterocycles. The summed E-state index contributed by atoms with van der Waals surface area (Å²) in [5.41, 5.74) is 3.45. The molecule has 2 aromatic carbocycles. The van der Waals surface area contributed by atoms with Crippen LogP contribution in [0.4, 0.5) is 0 Å². The van der Waals surface area contributed by atoms with Gasteiger partial charge in [0.05, 0.1) is 18.4 Å². The Morgan fingerprint density at radius 1 is 0.972 bits per heavy atom. The third kappa shape index (κ3) is 6.05. The predicted molar refractivity (Wildman–Crippen MR) is 135 cm³/mol. The van der Waals surface area contributed by atoms with Gasteiger partial charge in [-0.15, -0.1) is 0 Å². The number of aromatic nitrogens is 1. The molecule has 0 atom stereocenters. The summed E-state index contributed by atoms with van der Waals surface area (Å²) in [5.74, 6) is 1.81. The highest BCUT2D eigenvalue weighted by molar-refractivity contribution is 5.95. The van der Waals surface area contributed by atoms with Gasteiger partial charge in [-0.3, -0.25) is 9.59 Å². The van der Waals surface area contributed by atoms with Crippen LogP contribution < -0.4 is 9.47 Å². The van der Waals surface area contributed by atoms with E-state index >= 15 is 0 Å². The van der Waals surface area contributed by atoms with Crippen LogP contribution in [0.5, 0.6) is 11.5 Å². The molecule has 1 aliphatic heterocycles. The van der Waals surface area contributed by atoms with E-state index < -0.39 is 0 Å². The van der Waals surface area contributed by atoms with Gasteiger partial charge >= 0.3 is 0 Å². The Balaban J connectivity index is 1.28. The van der Waals surface area contributed by atoms with Crippen LogP contribution in [0.2, 0.25) is 0 Å². The van der Waals surface area contributed by atoms with Crippen molar-refractivity contribution in [1.29, 1.82) is 0 Å². The van der Waals surface area contributed by atoms with Gasteiger partial charge in [0, 0.05) is 38.2 Å². The minimum absolute atomic E-state index is 0.0817. The van der Waals surface area contributed by atoms with Crippen molar-refractivity contribution >= 4 is 11.8 Å². The first-order chi connectivity index (χ1) is 17.5. The molecule has 0 N–H and O–H groups in total. The van der Waals surface area contributed by atoms with E-state index in [0.29, 0.717) is 62.0 Å². The fraction of sp³-hybridized carbons (Fsp3) is 0.393. The minimum atomic E-state index is -0.0817. The number of hydrogen-bond donors (Lipinski definition) is 0. The van der Waals surface area contributed by atoms with Crippen LogP contribution in [0.15, 0.2) is 53.1 Å². The Kier molecular flexibility index (Phi) is 8.25. The third-order valence-electron chi connectivity index (χ3n) is 6.58. The summed E-state index contributed by atoms with van der Waals surface area (Å²) < 4.78 is 16.6. The van der Waals surface area contributed by atoms with Gasteiger partial charge in [0.25, 0.3) is 5.91 Å². The summed E-state index contributed by atoms with van der Waals surface area (Å²) >= 11 is 0. The second-order valence-corrected chi connectivity index (χ2v) is 8.97. The topological polar surface area (TPSA) is 85.1 Å². The molecule has 0 radical (unpaired) electrons. The highest BCUT2D eigenvalue weighted by Gasteiger charge is 2.25. The Bertz CT molecular complexity index is 1160. The number of aryl methyl sites for hydroxylation is 3. The lowest BCUT2D eigenvalue weighted by molar-refractivity contribution is -0.132. The minimum Gasteiger partial charge on any atom is -0.493 e. The largest absolute Gasteiger partial charge is 0.493 e. The Hall–Kier alpha value is -3.81. The van der Waals surface area contributed by atoms with Crippen LogP contribution in [-0.4, -0.2) is 60.1 Å². The summed E-state index contributed by atoms with van der Waals surface area (Å²) in [6.45, 7) is 6.12. The van der Waals surface area contributed by atoms with Crippen molar-refractivity contribution < 1.29 is 23.6 Å². The van der Waals surface area contributed by atoms with Crippen LogP contribution >= 0.6 is 0 Å².